The lowest BCUT2D eigenvalue weighted by molar-refractivity contribution is -0.529. The summed E-state index contributed by atoms with van der Waals surface area (Å²) in [6, 6.07) is -6.46. The third-order valence-corrected chi connectivity index (χ3v) is 1.99. The van der Waals surface area contributed by atoms with E-state index in [0.717, 1.165) is 0 Å². The lowest BCUT2D eigenvalue weighted by atomic mass is 10.3. The van der Waals surface area contributed by atoms with Crippen LogP contribution >= 0.6 is 11.6 Å². The third-order valence-electron chi connectivity index (χ3n) is 1.56. The maximum Gasteiger partial charge on any atom is 0.478 e. The van der Waals surface area contributed by atoms with Gasteiger partial charge in [-0.15, -0.1) is 0 Å². The maximum atomic E-state index is 12.8. The van der Waals surface area contributed by atoms with Gasteiger partial charge in [0.25, 0.3) is 0 Å². The van der Waals surface area contributed by atoms with Gasteiger partial charge in [0.2, 0.25) is 0 Å². The monoisotopic (exact) mass is 368 g/mol. The normalized spacial score (nSPS) is 20.3. The fourth-order valence-corrected chi connectivity index (χ4v) is 0.696. The Morgan fingerprint density at radius 3 is 1.33 bits per heavy atom. The second kappa shape index (κ2) is 5.53. The lowest BCUT2D eigenvalue weighted by Crippen LogP contribution is -2.59. The Bertz CT molecular complexity index is 362. The van der Waals surface area contributed by atoms with Gasteiger partial charge in [-0.1, -0.05) is 11.6 Å². The molecule has 15 heteroatoms. The molecule has 0 rings (SSSR count). The average molecular weight is 369 g/mol. The van der Waals surface area contributed by atoms with E-state index in [1.807, 2.05) is 9.47 Å². The van der Waals surface area contributed by atoms with Crippen LogP contribution in [0.2, 0.25) is 0 Å². The van der Waals surface area contributed by atoms with Crippen molar-refractivity contribution < 1.29 is 62.2 Å². The quantitative estimate of drug-likeness (QED) is 0.404. The van der Waals surface area contributed by atoms with E-state index in [1.165, 1.54) is 0 Å². The van der Waals surface area contributed by atoms with Crippen LogP contribution in [0.25, 0.3) is 0 Å². The first-order valence-corrected chi connectivity index (χ1v) is 4.49. The summed E-state index contributed by atoms with van der Waals surface area (Å²) in [5.74, 6) is 0. The van der Waals surface area contributed by atoms with Crippen molar-refractivity contribution in [1.29, 1.82) is 0 Å². The van der Waals surface area contributed by atoms with Gasteiger partial charge in [0.05, 0.1) is 0 Å². The molecule has 0 aliphatic rings. The van der Waals surface area contributed by atoms with Crippen LogP contribution in [0.4, 0.5) is 52.7 Å². The largest absolute Gasteiger partial charge is 0.478 e. The molecular formula is C6HClF12O2. The van der Waals surface area contributed by atoms with E-state index >= 15 is 0 Å². The van der Waals surface area contributed by atoms with E-state index in [1.54, 1.807) is 0 Å². The number of halogens is 13. The molecule has 0 aromatic heterocycles. The molecule has 0 radical (unpaired) electrons. The number of hydrogen-bond donors (Lipinski definition) is 0. The molecule has 21 heavy (non-hydrogen) atoms. The molecule has 0 saturated heterocycles. The maximum absolute atomic E-state index is 12.8. The minimum absolute atomic E-state index is 1.84. The first kappa shape index (κ1) is 20.4. The minimum Gasteiger partial charge on any atom is -0.254 e. The van der Waals surface area contributed by atoms with E-state index in [0.29, 0.717) is 0 Å². The Balaban J connectivity index is 5.64. The van der Waals surface area contributed by atoms with E-state index in [4.69, 9.17) is 0 Å². The molecule has 2 atom stereocenters. The molecule has 2 nitrogen and oxygen atoms in total. The minimum atomic E-state index is -6.83. The van der Waals surface area contributed by atoms with Crippen molar-refractivity contribution in [1.82, 2.24) is 0 Å². The van der Waals surface area contributed by atoms with Crippen LogP contribution in [-0.2, 0) is 9.47 Å². The molecule has 0 bridgehead atoms. The van der Waals surface area contributed by atoms with Crippen LogP contribution in [-0.4, -0.2) is 36.2 Å². The fraction of sp³-hybridized carbons (Fsp3) is 1.00. The summed E-state index contributed by atoms with van der Waals surface area (Å²) in [5, 5.41) is -6.35. The first-order valence-electron chi connectivity index (χ1n) is 4.11. The van der Waals surface area contributed by atoms with Crippen LogP contribution in [0.15, 0.2) is 0 Å². The number of ether oxygens (including phenoxy) is 2. The molecule has 0 aromatic rings. The van der Waals surface area contributed by atoms with Gasteiger partial charge in [0.15, 0.2) is 0 Å². The van der Waals surface area contributed by atoms with Gasteiger partial charge >= 0.3 is 36.2 Å². The van der Waals surface area contributed by atoms with Crippen molar-refractivity contribution in [3.63, 3.8) is 0 Å². The molecule has 0 amide bonds. The highest BCUT2D eigenvalue weighted by Crippen LogP contribution is 2.52. The zero-order chi connectivity index (χ0) is 17.5. The standard InChI is InChI=1S/C6HClF12O2/c7-2(10,3(11,12)13)5(17,18)21-6(19,4(14,15)16)20-1(8)9/h1H. The molecule has 0 N–H and O–H groups in total. The van der Waals surface area contributed by atoms with Gasteiger partial charge in [-0.05, 0) is 0 Å². The molecule has 0 aliphatic heterocycles. The van der Waals surface area contributed by atoms with Crippen LogP contribution in [0, 0.1) is 0 Å². The molecule has 0 spiro atoms. The Morgan fingerprint density at radius 2 is 1.10 bits per heavy atom. The summed E-state index contributed by atoms with van der Waals surface area (Å²) in [6.45, 7) is -4.75. The predicted octanol–water partition coefficient (Wildman–Crippen LogP) is 4.49. The van der Waals surface area contributed by atoms with Gasteiger partial charge in [-0.3, -0.25) is 4.74 Å². The lowest BCUT2D eigenvalue weighted by Gasteiger charge is -2.34. The topological polar surface area (TPSA) is 18.5 Å². The molecule has 0 aliphatic carbocycles. The van der Waals surface area contributed by atoms with Crippen molar-refractivity contribution >= 4 is 11.6 Å². The second-order valence-corrected chi connectivity index (χ2v) is 3.62. The first-order chi connectivity index (χ1) is 8.87. The molecule has 2 unspecified atom stereocenters. The van der Waals surface area contributed by atoms with Gasteiger partial charge < -0.3 is 0 Å². The Hall–Kier alpha value is -0.630. The molecule has 128 valence electrons. The molecule has 0 saturated carbocycles. The number of alkyl halides is 13. The Morgan fingerprint density at radius 1 is 0.714 bits per heavy atom. The van der Waals surface area contributed by atoms with E-state index in [9.17, 15) is 52.7 Å². The predicted molar refractivity (Wildman–Crippen MR) is 38.8 cm³/mol. The summed E-state index contributed by atoms with van der Waals surface area (Å²) in [7, 11) is 0. The SMILES string of the molecule is FC(F)OC(F)(OC(F)(F)C(F)(Cl)C(F)(F)F)C(F)(F)F. The summed E-state index contributed by atoms with van der Waals surface area (Å²) in [6.07, 6.45) is -20.3. The highest BCUT2D eigenvalue weighted by molar-refractivity contribution is 6.24. The Labute approximate surface area is 111 Å². The molecule has 0 heterocycles. The smallest absolute Gasteiger partial charge is 0.254 e. The fourth-order valence-electron chi connectivity index (χ4n) is 0.657. The van der Waals surface area contributed by atoms with Gasteiger partial charge in [0.1, 0.15) is 0 Å². The van der Waals surface area contributed by atoms with Crippen molar-refractivity contribution in [2.45, 2.75) is 36.2 Å². The van der Waals surface area contributed by atoms with Gasteiger partial charge in [-0.2, -0.15) is 48.3 Å². The summed E-state index contributed by atoms with van der Waals surface area (Å²) in [5.41, 5.74) is 0. The highest BCUT2D eigenvalue weighted by Gasteiger charge is 2.77. The van der Waals surface area contributed by atoms with Crippen LogP contribution in [0.1, 0.15) is 0 Å². The van der Waals surface area contributed by atoms with Crippen LogP contribution in [0.5, 0.6) is 0 Å². The Kier molecular flexibility index (Phi) is 5.37. The molecule has 0 fully saturated rings. The summed E-state index contributed by atoms with van der Waals surface area (Å²) in [4.78, 5) is 0. The second-order valence-electron chi connectivity index (χ2n) is 3.10. The zero-order valence-electron chi connectivity index (χ0n) is 8.81. The van der Waals surface area contributed by atoms with Crippen molar-refractivity contribution in [3.05, 3.63) is 0 Å². The van der Waals surface area contributed by atoms with E-state index in [2.05, 4.69) is 11.6 Å². The van der Waals surface area contributed by atoms with Crippen molar-refractivity contribution in [3.8, 4) is 0 Å². The zero-order valence-corrected chi connectivity index (χ0v) is 9.56. The third kappa shape index (κ3) is 4.18. The summed E-state index contributed by atoms with van der Waals surface area (Å²) >= 11 is 3.65. The van der Waals surface area contributed by atoms with Gasteiger partial charge in [-0.25, -0.2) is 9.13 Å². The summed E-state index contributed by atoms with van der Waals surface area (Å²) < 4.78 is 149. The van der Waals surface area contributed by atoms with Gasteiger partial charge in [0, 0.05) is 0 Å². The average Bonchev–Trinajstić information content (AvgIpc) is 2.10. The van der Waals surface area contributed by atoms with Crippen LogP contribution in [0.3, 0.4) is 0 Å². The number of hydrogen-bond acceptors (Lipinski definition) is 2. The molecule has 0 aromatic carbocycles. The highest BCUT2D eigenvalue weighted by atomic mass is 35.5. The van der Waals surface area contributed by atoms with Crippen molar-refractivity contribution in [2.24, 2.45) is 0 Å². The van der Waals surface area contributed by atoms with Crippen molar-refractivity contribution in [2.75, 3.05) is 0 Å². The van der Waals surface area contributed by atoms with Crippen LogP contribution < -0.4 is 0 Å². The molecular weight excluding hydrogens is 367 g/mol. The van der Waals surface area contributed by atoms with E-state index in [-0.39, 0.29) is 0 Å². The van der Waals surface area contributed by atoms with E-state index < -0.39 is 36.2 Å². The number of rotatable bonds is 5.